The molecule has 0 amide bonds. The normalized spacial score (nSPS) is 16.1. The number of hydrogen-bond donors (Lipinski definition) is 1. The van der Waals surface area contributed by atoms with Crippen molar-refractivity contribution in [1.29, 1.82) is 0 Å². The van der Waals surface area contributed by atoms with Crippen LogP contribution in [0.25, 0.3) is 0 Å². The molecule has 0 unspecified atom stereocenters. The summed E-state index contributed by atoms with van der Waals surface area (Å²) in [5.74, 6) is 0.715. The van der Waals surface area contributed by atoms with E-state index in [1.807, 2.05) is 13.8 Å². The molecule has 1 aromatic carbocycles. The predicted octanol–water partition coefficient (Wildman–Crippen LogP) is 1.74. The lowest BCUT2D eigenvalue weighted by molar-refractivity contribution is -0.0451. The summed E-state index contributed by atoms with van der Waals surface area (Å²) in [7, 11) is -3.55. The SMILES string of the molecule is CCOc1cc(C)c(S(=O)(=O)NCCC2OCCO2)cc1C. The fourth-order valence-electron chi connectivity index (χ4n) is 2.33. The quantitative estimate of drug-likeness (QED) is 0.825. The topological polar surface area (TPSA) is 73.9 Å². The van der Waals surface area contributed by atoms with Crippen molar-refractivity contribution in [3.63, 3.8) is 0 Å². The first-order chi connectivity index (χ1) is 10.4. The van der Waals surface area contributed by atoms with Crippen molar-refractivity contribution in [3.8, 4) is 5.75 Å². The van der Waals surface area contributed by atoms with Crippen molar-refractivity contribution in [2.24, 2.45) is 0 Å². The zero-order valence-electron chi connectivity index (χ0n) is 13.2. The van der Waals surface area contributed by atoms with Crippen molar-refractivity contribution >= 4 is 10.0 Å². The molecule has 0 aromatic heterocycles. The number of aryl methyl sites for hydroxylation is 2. The van der Waals surface area contributed by atoms with Gasteiger partial charge in [0.25, 0.3) is 0 Å². The third kappa shape index (κ3) is 4.19. The number of rotatable bonds is 7. The van der Waals surface area contributed by atoms with Crippen LogP contribution in [0.1, 0.15) is 24.5 Å². The first-order valence-corrected chi connectivity index (χ1v) is 8.89. The van der Waals surface area contributed by atoms with Gasteiger partial charge in [-0.25, -0.2) is 13.1 Å². The van der Waals surface area contributed by atoms with Crippen molar-refractivity contribution in [1.82, 2.24) is 4.72 Å². The second-order valence-corrected chi connectivity index (χ2v) is 6.91. The molecule has 1 saturated heterocycles. The molecule has 0 atom stereocenters. The van der Waals surface area contributed by atoms with Crippen LogP contribution in [0.4, 0.5) is 0 Å². The molecule has 1 fully saturated rings. The molecule has 1 N–H and O–H groups in total. The van der Waals surface area contributed by atoms with Gasteiger partial charge in [-0.1, -0.05) is 0 Å². The smallest absolute Gasteiger partial charge is 0.240 e. The Bertz CT molecular complexity index is 609. The molecule has 124 valence electrons. The van der Waals surface area contributed by atoms with Crippen molar-refractivity contribution in [2.45, 2.75) is 38.4 Å². The highest BCUT2D eigenvalue weighted by molar-refractivity contribution is 7.89. The minimum Gasteiger partial charge on any atom is -0.494 e. The fraction of sp³-hybridized carbons (Fsp3) is 0.600. The molecular formula is C15H23NO5S. The van der Waals surface area contributed by atoms with Gasteiger partial charge in [-0.05, 0) is 44.0 Å². The molecule has 2 rings (SSSR count). The Morgan fingerprint density at radius 1 is 1.23 bits per heavy atom. The summed E-state index contributed by atoms with van der Waals surface area (Å²) in [6.07, 6.45) is 0.180. The third-order valence-electron chi connectivity index (χ3n) is 3.42. The van der Waals surface area contributed by atoms with Gasteiger partial charge in [-0.2, -0.15) is 0 Å². The van der Waals surface area contributed by atoms with Gasteiger partial charge in [0, 0.05) is 13.0 Å². The van der Waals surface area contributed by atoms with Crippen LogP contribution in [0.2, 0.25) is 0 Å². The average Bonchev–Trinajstić information content (AvgIpc) is 2.95. The summed E-state index contributed by atoms with van der Waals surface area (Å²) in [6.45, 7) is 7.45. The number of sulfonamides is 1. The summed E-state index contributed by atoms with van der Waals surface area (Å²) >= 11 is 0. The van der Waals surface area contributed by atoms with E-state index in [0.29, 0.717) is 37.6 Å². The lowest BCUT2D eigenvalue weighted by Crippen LogP contribution is -2.28. The van der Waals surface area contributed by atoms with E-state index >= 15 is 0 Å². The lowest BCUT2D eigenvalue weighted by atomic mass is 10.1. The van der Waals surface area contributed by atoms with E-state index in [0.717, 1.165) is 5.56 Å². The first kappa shape index (κ1) is 17.2. The molecule has 6 nitrogen and oxygen atoms in total. The fourth-order valence-corrected chi connectivity index (χ4v) is 3.68. The second kappa shape index (κ2) is 7.41. The molecule has 0 spiro atoms. The molecule has 0 aliphatic carbocycles. The van der Waals surface area contributed by atoms with Crippen LogP contribution < -0.4 is 9.46 Å². The summed E-state index contributed by atoms with van der Waals surface area (Å²) in [4.78, 5) is 0.279. The van der Waals surface area contributed by atoms with E-state index < -0.39 is 10.0 Å². The summed E-state index contributed by atoms with van der Waals surface area (Å²) in [5.41, 5.74) is 1.46. The summed E-state index contributed by atoms with van der Waals surface area (Å²) in [5, 5.41) is 0. The van der Waals surface area contributed by atoms with Crippen LogP contribution in [0.3, 0.4) is 0 Å². The predicted molar refractivity (Wildman–Crippen MR) is 82.6 cm³/mol. The monoisotopic (exact) mass is 329 g/mol. The molecule has 1 heterocycles. The largest absolute Gasteiger partial charge is 0.494 e. The van der Waals surface area contributed by atoms with Gasteiger partial charge in [0.2, 0.25) is 10.0 Å². The Morgan fingerprint density at radius 2 is 1.91 bits per heavy atom. The van der Waals surface area contributed by atoms with E-state index in [2.05, 4.69) is 4.72 Å². The zero-order chi connectivity index (χ0) is 16.2. The Labute approximate surface area is 131 Å². The maximum absolute atomic E-state index is 12.4. The van der Waals surface area contributed by atoms with Crippen LogP contribution in [0, 0.1) is 13.8 Å². The second-order valence-electron chi connectivity index (χ2n) is 5.17. The maximum Gasteiger partial charge on any atom is 0.240 e. The highest BCUT2D eigenvalue weighted by Gasteiger charge is 2.21. The Hall–Kier alpha value is -1.15. The van der Waals surface area contributed by atoms with Crippen LogP contribution in [0.15, 0.2) is 17.0 Å². The number of hydrogen-bond acceptors (Lipinski definition) is 5. The van der Waals surface area contributed by atoms with E-state index in [1.165, 1.54) is 0 Å². The summed E-state index contributed by atoms with van der Waals surface area (Å²) in [6, 6.07) is 3.40. The molecule has 1 aliphatic heterocycles. The van der Waals surface area contributed by atoms with Crippen molar-refractivity contribution in [3.05, 3.63) is 23.3 Å². The number of nitrogens with one attached hydrogen (secondary N) is 1. The van der Waals surface area contributed by atoms with Crippen LogP contribution in [0.5, 0.6) is 5.75 Å². The molecule has 1 aliphatic rings. The molecule has 0 saturated carbocycles. The molecule has 7 heteroatoms. The first-order valence-electron chi connectivity index (χ1n) is 7.41. The summed E-state index contributed by atoms with van der Waals surface area (Å²) < 4.78 is 43.5. The van der Waals surface area contributed by atoms with E-state index in [9.17, 15) is 8.42 Å². The van der Waals surface area contributed by atoms with Crippen LogP contribution in [-0.4, -0.2) is 41.1 Å². The molecule has 0 bridgehead atoms. The standard InChI is InChI=1S/C15H23NO5S/c1-4-19-13-9-12(3)14(10-11(13)2)22(17,18)16-6-5-15-20-7-8-21-15/h9-10,15-16H,4-8H2,1-3H3. The van der Waals surface area contributed by atoms with Gasteiger partial charge in [-0.15, -0.1) is 0 Å². The average molecular weight is 329 g/mol. The van der Waals surface area contributed by atoms with Gasteiger partial charge in [0.15, 0.2) is 6.29 Å². The van der Waals surface area contributed by atoms with Gasteiger partial charge in [0.05, 0.1) is 24.7 Å². The number of ether oxygens (including phenoxy) is 3. The maximum atomic E-state index is 12.4. The molecule has 0 radical (unpaired) electrons. The Kier molecular flexibility index (Phi) is 5.80. The van der Waals surface area contributed by atoms with Gasteiger partial charge >= 0.3 is 0 Å². The van der Waals surface area contributed by atoms with Crippen LogP contribution >= 0.6 is 0 Å². The van der Waals surface area contributed by atoms with Gasteiger partial charge in [-0.3, -0.25) is 0 Å². The lowest BCUT2D eigenvalue weighted by Gasteiger charge is -2.14. The molecule has 1 aromatic rings. The zero-order valence-corrected chi connectivity index (χ0v) is 14.0. The minimum atomic E-state index is -3.55. The molecular weight excluding hydrogens is 306 g/mol. The Balaban J connectivity index is 2.06. The van der Waals surface area contributed by atoms with Gasteiger partial charge in [0.1, 0.15) is 5.75 Å². The van der Waals surface area contributed by atoms with E-state index in [1.54, 1.807) is 19.1 Å². The van der Waals surface area contributed by atoms with Crippen molar-refractivity contribution in [2.75, 3.05) is 26.4 Å². The molecule has 22 heavy (non-hydrogen) atoms. The van der Waals surface area contributed by atoms with E-state index in [-0.39, 0.29) is 17.7 Å². The van der Waals surface area contributed by atoms with Crippen molar-refractivity contribution < 1.29 is 22.6 Å². The highest BCUT2D eigenvalue weighted by atomic mass is 32.2. The Morgan fingerprint density at radius 3 is 2.55 bits per heavy atom. The third-order valence-corrected chi connectivity index (χ3v) is 5.03. The van der Waals surface area contributed by atoms with Gasteiger partial charge < -0.3 is 14.2 Å². The van der Waals surface area contributed by atoms with Crippen LogP contribution in [-0.2, 0) is 19.5 Å². The highest BCUT2D eigenvalue weighted by Crippen LogP contribution is 2.25. The minimum absolute atomic E-state index is 0.276. The van der Waals surface area contributed by atoms with E-state index in [4.69, 9.17) is 14.2 Å². The number of benzene rings is 1.